The highest BCUT2D eigenvalue weighted by Crippen LogP contribution is 2.22. The molecule has 0 saturated heterocycles. The van der Waals surface area contributed by atoms with E-state index in [2.05, 4.69) is 0 Å². The van der Waals surface area contributed by atoms with E-state index in [9.17, 15) is 29.1 Å². The summed E-state index contributed by atoms with van der Waals surface area (Å²) in [5, 5.41) is 9.86. The fourth-order valence-corrected chi connectivity index (χ4v) is 3.96. The normalized spacial score (nSPS) is 12.0. The molecule has 14 heteroatoms. The Bertz CT molecular complexity index is 1450. The zero-order valence-electron chi connectivity index (χ0n) is 19.3. The summed E-state index contributed by atoms with van der Waals surface area (Å²) in [7, 11) is 0. The van der Waals surface area contributed by atoms with Crippen LogP contribution in [0.25, 0.3) is 0 Å². The van der Waals surface area contributed by atoms with Crippen molar-refractivity contribution in [3.63, 3.8) is 0 Å². The second kappa shape index (κ2) is 13.3. The number of halogens is 4. The maximum absolute atomic E-state index is 13.0. The molecule has 0 aliphatic heterocycles. The van der Waals surface area contributed by atoms with Crippen LogP contribution >= 0.6 is 46.4 Å². The Kier molecular flexibility index (Phi) is 10.1. The molecule has 3 N–H and O–H groups in total. The molecular weight excluding hydrogens is 598 g/mol. The van der Waals surface area contributed by atoms with Crippen molar-refractivity contribution in [3.05, 3.63) is 104 Å². The van der Waals surface area contributed by atoms with Crippen molar-refractivity contribution in [2.24, 2.45) is 0 Å². The molecule has 0 saturated carbocycles. The van der Waals surface area contributed by atoms with E-state index in [1.807, 2.05) is 10.9 Å². The van der Waals surface area contributed by atoms with Gasteiger partial charge in [0.1, 0.15) is 0 Å². The topological polar surface area (TPSA) is 148 Å². The molecule has 3 aromatic rings. The van der Waals surface area contributed by atoms with Gasteiger partial charge in [0.05, 0.1) is 31.8 Å². The molecule has 0 aliphatic rings. The van der Waals surface area contributed by atoms with Gasteiger partial charge in [-0.05, 0) is 42.5 Å². The van der Waals surface area contributed by atoms with Crippen LogP contribution in [-0.4, -0.2) is 47.0 Å². The Morgan fingerprint density at radius 2 is 1.15 bits per heavy atom. The zero-order chi connectivity index (χ0) is 28.7. The number of nitrogens with one attached hydrogen (secondary N) is 2. The minimum absolute atomic E-state index is 0.0481. The van der Waals surface area contributed by atoms with Crippen LogP contribution in [0.3, 0.4) is 0 Å². The Morgan fingerprint density at radius 3 is 1.64 bits per heavy atom. The molecule has 2 amide bonds. The van der Waals surface area contributed by atoms with Gasteiger partial charge in [-0.25, -0.2) is 14.4 Å². The fourth-order valence-electron chi connectivity index (χ4n) is 3.04. The second-order valence-corrected chi connectivity index (χ2v) is 9.18. The number of benzene rings is 3. The summed E-state index contributed by atoms with van der Waals surface area (Å²) in [6, 6.07) is 15.1. The number of esters is 2. The lowest BCUT2D eigenvalue weighted by atomic mass is 10.1. The van der Waals surface area contributed by atoms with Gasteiger partial charge in [-0.3, -0.25) is 20.4 Å². The molecule has 10 nitrogen and oxygen atoms in total. The maximum atomic E-state index is 13.0. The number of carboxylic acids is 1. The maximum Gasteiger partial charge on any atom is 0.349 e. The van der Waals surface area contributed by atoms with E-state index in [1.54, 1.807) is 0 Å². The van der Waals surface area contributed by atoms with Crippen LogP contribution in [0.1, 0.15) is 31.1 Å². The molecule has 0 radical (unpaired) electrons. The van der Waals surface area contributed by atoms with E-state index < -0.39 is 41.9 Å². The number of aliphatic carboxylic acids is 1. The van der Waals surface area contributed by atoms with Gasteiger partial charge in [0.15, 0.2) is 0 Å². The van der Waals surface area contributed by atoms with E-state index in [-0.39, 0.29) is 36.8 Å². The van der Waals surface area contributed by atoms with Crippen molar-refractivity contribution in [2.75, 3.05) is 0 Å². The molecule has 0 aromatic heterocycles. The third kappa shape index (κ3) is 7.61. The molecule has 2 atom stereocenters. The van der Waals surface area contributed by atoms with Crippen molar-refractivity contribution in [1.82, 2.24) is 10.9 Å². The number of carboxylic acid groups (broad SMARTS) is 1. The third-order valence-corrected chi connectivity index (χ3v) is 6.11. The number of ether oxygens (including phenoxy) is 2. The minimum Gasteiger partial charge on any atom is -0.478 e. The lowest BCUT2D eigenvalue weighted by Gasteiger charge is -2.24. The van der Waals surface area contributed by atoms with Gasteiger partial charge in [0.2, 0.25) is 12.2 Å². The molecule has 3 aromatic carbocycles. The van der Waals surface area contributed by atoms with Crippen LogP contribution in [-0.2, 0) is 19.1 Å². The summed E-state index contributed by atoms with van der Waals surface area (Å²) in [6.07, 6.45) is -4.69. The number of hydrazine groups is 1. The number of hydrogen-bond donors (Lipinski definition) is 3. The van der Waals surface area contributed by atoms with E-state index in [1.165, 1.54) is 66.7 Å². The Labute approximate surface area is 240 Å². The van der Waals surface area contributed by atoms with Crippen LogP contribution in [0.15, 0.2) is 66.7 Å². The van der Waals surface area contributed by atoms with Gasteiger partial charge in [0.25, 0.3) is 11.8 Å². The van der Waals surface area contributed by atoms with Gasteiger partial charge in [-0.1, -0.05) is 70.7 Å². The lowest BCUT2D eigenvalue weighted by molar-refractivity contribution is -0.159. The molecule has 39 heavy (non-hydrogen) atoms. The van der Waals surface area contributed by atoms with Crippen molar-refractivity contribution in [2.45, 2.75) is 12.2 Å². The van der Waals surface area contributed by atoms with Gasteiger partial charge < -0.3 is 14.6 Å². The summed E-state index contributed by atoms with van der Waals surface area (Å²) in [5.74, 6) is -6.58. The molecule has 0 fully saturated rings. The van der Waals surface area contributed by atoms with Crippen LogP contribution in [0, 0.1) is 0 Å². The molecular formula is C25H16Cl4N2O8. The Morgan fingerprint density at radius 1 is 0.641 bits per heavy atom. The zero-order valence-corrected chi connectivity index (χ0v) is 22.3. The number of hydrogen-bond acceptors (Lipinski definition) is 7. The number of carbonyl (C=O) groups is 5. The summed E-state index contributed by atoms with van der Waals surface area (Å²) >= 11 is 23.8. The highest BCUT2D eigenvalue weighted by Gasteiger charge is 2.41. The van der Waals surface area contributed by atoms with Gasteiger partial charge in [-0.15, -0.1) is 0 Å². The molecule has 0 aliphatic carbocycles. The first-order valence-corrected chi connectivity index (χ1v) is 12.2. The first-order valence-electron chi connectivity index (χ1n) is 10.7. The monoisotopic (exact) mass is 612 g/mol. The van der Waals surface area contributed by atoms with Crippen molar-refractivity contribution >= 4 is 76.1 Å². The van der Waals surface area contributed by atoms with Crippen LogP contribution < -0.4 is 10.9 Å². The number of amides is 2. The summed E-state index contributed by atoms with van der Waals surface area (Å²) in [6.45, 7) is 0. The van der Waals surface area contributed by atoms with Gasteiger partial charge in [-0.2, -0.15) is 0 Å². The minimum atomic E-state index is -2.38. The molecule has 202 valence electrons. The fraction of sp³-hybridized carbons (Fsp3) is 0.0800. The first kappa shape index (κ1) is 29.7. The highest BCUT2D eigenvalue weighted by molar-refractivity contribution is 6.37. The Balaban J connectivity index is 1.88. The molecule has 0 spiro atoms. The van der Waals surface area contributed by atoms with Crippen LogP contribution in [0.5, 0.6) is 0 Å². The predicted molar refractivity (Wildman–Crippen MR) is 141 cm³/mol. The standard InChI is InChI=1S/C25H16Cl4N2O8/c26-12-9-10-13(18(29)11-12)21(32)30-31-22(33)19(38-24(36)14-5-1-3-7-16(14)27)20(23(34)35)39-25(37)15-6-2-4-8-17(15)28/h1-11,19-20H,(H,30,32)(H,31,33)(H,34,35)/t19-,20-/m1/s1. The van der Waals surface area contributed by atoms with Crippen molar-refractivity contribution < 1.29 is 38.6 Å². The second-order valence-electron chi connectivity index (χ2n) is 7.52. The third-order valence-electron chi connectivity index (χ3n) is 4.91. The average Bonchev–Trinajstić information content (AvgIpc) is 2.89. The van der Waals surface area contributed by atoms with Crippen molar-refractivity contribution in [3.8, 4) is 0 Å². The van der Waals surface area contributed by atoms with E-state index >= 15 is 0 Å². The van der Waals surface area contributed by atoms with E-state index in [0.717, 1.165) is 0 Å². The van der Waals surface area contributed by atoms with Gasteiger partial charge in [0, 0.05) is 5.02 Å². The predicted octanol–water partition coefficient (Wildman–Crippen LogP) is 4.60. The lowest BCUT2D eigenvalue weighted by Crippen LogP contribution is -2.54. The smallest absolute Gasteiger partial charge is 0.349 e. The number of carbonyl (C=O) groups excluding carboxylic acids is 4. The molecule has 3 rings (SSSR count). The SMILES string of the molecule is O=C(NNC(=O)[C@H](OC(=O)c1ccccc1Cl)[C@@H](OC(=O)c1ccccc1Cl)C(=O)O)c1ccc(Cl)cc1Cl. The van der Waals surface area contributed by atoms with Gasteiger partial charge >= 0.3 is 17.9 Å². The Hall–Kier alpha value is -3.83. The first-order chi connectivity index (χ1) is 18.5. The van der Waals surface area contributed by atoms with E-state index in [0.29, 0.717) is 0 Å². The molecule has 0 unspecified atom stereocenters. The highest BCUT2D eigenvalue weighted by atomic mass is 35.5. The van der Waals surface area contributed by atoms with Crippen LogP contribution in [0.2, 0.25) is 20.1 Å². The van der Waals surface area contributed by atoms with Crippen LogP contribution in [0.4, 0.5) is 0 Å². The average molecular weight is 614 g/mol. The summed E-state index contributed by atoms with van der Waals surface area (Å²) in [4.78, 5) is 63.1. The summed E-state index contributed by atoms with van der Waals surface area (Å²) < 4.78 is 10.1. The molecule has 0 heterocycles. The number of rotatable bonds is 8. The van der Waals surface area contributed by atoms with E-state index in [4.69, 9.17) is 55.9 Å². The van der Waals surface area contributed by atoms with Crippen molar-refractivity contribution in [1.29, 1.82) is 0 Å². The molecule has 0 bridgehead atoms. The summed E-state index contributed by atoms with van der Waals surface area (Å²) in [5.41, 5.74) is 3.43. The quantitative estimate of drug-likeness (QED) is 0.247. The largest absolute Gasteiger partial charge is 0.478 e.